The van der Waals surface area contributed by atoms with Crippen LogP contribution in [0.4, 0.5) is 0 Å². The molecule has 7 heteroatoms. The molecule has 2 fully saturated rings. The van der Waals surface area contributed by atoms with Gasteiger partial charge in [0.15, 0.2) is 0 Å². The predicted octanol–water partition coefficient (Wildman–Crippen LogP) is 1.92. The van der Waals surface area contributed by atoms with Crippen molar-refractivity contribution in [1.29, 1.82) is 0 Å². The normalized spacial score (nSPS) is 28.8. The van der Waals surface area contributed by atoms with Crippen molar-refractivity contribution in [2.24, 2.45) is 17.8 Å². The topological polar surface area (TPSA) is 69.7 Å². The van der Waals surface area contributed by atoms with Crippen molar-refractivity contribution in [3.63, 3.8) is 0 Å². The number of nitrogens with zero attached hydrogens (tertiary/aromatic N) is 2. The number of sulfonamides is 1. The van der Waals surface area contributed by atoms with Crippen molar-refractivity contribution in [3.8, 4) is 0 Å². The highest BCUT2D eigenvalue weighted by Gasteiger charge is 2.31. The zero-order valence-electron chi connectivity index (χ0n) is 16.7. The lowest BCUT2D eigenvalue weighted by Gasteiger charge is -2.35. The van der Waals surface area contributed by atoms with Gasteiger partial charge in [0.25, 0.3) is 0 Å². The molecule has 6 nitrogen and oxygen atoms in total. The lowest BCUT2D eigenvalue weighted by Crippen LogP contribution is -2.46. The van der Waals surface area contributed by atoms with Gasteiger partial charge in [-0.05, 0) is 50.5 Å². The average Bonchev–Trinajstić information content (AvgIpc) is 2.58. The molecule has 0 bridgehead atoms. The zero-order valence-corrected chi connectivity index (χ0v) is 17.6. The van der Waals surface area contributed by atoms with Gasteiger partial charge in [0.05, 0.1) is 11.7 Å². The molecule has 0 radical (unpaired) electrons. The van der Waals surface area contributed by atoms with E-state index in [4.69, 9.17) is 0 Å². The van der Waals surface area contributed by atoms with E-state index in [1.165, 1.54) is 10.7 Å². The number of hydrogen-bond acceptors (Lipinski definition) is 4. The first-order chi connectivity index (χ1) is 12.3. The second kappa shape index (κ2) is 10.0. The van der Waals surface area contributed by atoms with Gasteiger partial charge in [-0.3, -0.25) is 4.79 Å². The second-order valence-electron chi connectivity index (χ2n) is 8.36. The highest BCUT2D eigenvalue weighted by molar-refractivity contribution is 7.89. The summed E-state index contributed by atoms with van der Waals surface area (Å²) >= 11 is 0. The van der Waals surface area contributed by atoms with Crippen molar-refractivity contribution in [3.05, 3.63) is 0 Å². The van der Waals surface area contributed by atoms with Crippen molar-refractivity contribution in [2.75, 3.05) is 45.0 Å². The first-order valence-electron chi connectivity index (χ1n) is 10.3. The number of amides is 1. The molecule has 152 valence electrons. The van der Waals surface area contributed by atoms with E-state index in [0.717, 1.165) is 50.7 Å². The smallest absolute Gasteiger partial charge is 0.224 e. The Balaban J connectivity index is 1.70. The molecule has 0 aromatic carbocycles. The molecular formula is C19H37N3O3S. The SMILES string of the molecule is CCCS(=O)(=O)N1CCC[C@H](C(=O)NCCCN2C[C@H](C)C[C@H](C)C2)C1. The van der Waals surface area contributed by atoms with E-state index in [9.17, 15) is 13.2 Å². The minimum Gasteiger partial charge on any atom is -0.356 e. The van der Waals surface area contributed by atoms with E-state index < -0.39 is 10.0 Å². The summed E-state index contributed by atoms with van der Waals surface area (Å²) in [6.07, 6.45) is 4.43. The number of piperidine rings is 2. The number of likely N-dealkylation sites (tertiary alicyclic amines) is 1. The second-order valence-corrected chi connectivity index (χ2v) is 10.5. The van der Waals surface area contributed by atoms with Crippen LogP contribution in [-0.2, 0) is 14.8 Å². The predicted molar refractivity (Wildman–Crippen MR) is 105 cm³/mol. The summed E-state index contributed by atoms with van der Waals surface area (Å²) in [5.41, 5.74) is 0. The molecule has 2 aliphatic heterocycles. The molecular weight excluding hydrogens is 350 g/mol. The van der Waals surface area contributed by atoms with Gasteiger partial charge in [0, 0.05) is 32.7 Å². The Labute approximate surface area is 159 Å². The molecule has 0 spiro atoms. The molecule has 26 heavy (non-hydrogen) atoms. The van der Waals surface area contributed by atoms with Crippen molar-refractivity contribution < 1.29 is 13.2 Å². The minimum absolute atomic E-state index is 0.0155. The first kappa shape index (κ1) is 21.6. The largest absolute Gasteiger partial charge is 0.356 e. The highest BCUT2D eigenvalue weighted by atomic mass is 32.2. The Morgan fingerprint density at radius 1 is 1.15 bits per heavy atom. The maximum atomic E-state index is 12.4. The Hall–Kier alpha value is -0.660. The van der Waals surface area contributed by atoms with Gasteiger partial charge >= 0.3 is 0 Å². The van der Waals surface area contributed by atoms with Gasteiger partial charge in [-0.15, -0.1) is 0 Å². The molecule has 1 N–H and O–H groups in total. The fraction of sp³-hybridized carbons (Fsp3) is 0.947. The molecule has 2 aliphatic rings. The van der Waals surface area contributed by atoms with Gasteiger partial charge in [0.2, 0.25) is 15.9 Å². The molecule has 1 amide bonds. The van der Waals surface area contributed by atoms with E-state index in [0.29, 0.717) is 26.1 Å². The first-order valence-corrected chi connectivity index (χ1v) is 11.9. The number of nitrogens with one attached hydrogen (secondary N) is 1. The van der Waals surface area contributed by atoms with Crippen molar-refractivity contribution in [1.82, 2.24) is 14.5 Å². The number of rotatable bonds is 8. The van der Waals surface area contributed by atoms with E-state index >= 15 is 0 Å². The lowest BCUT2D eigenvalue weighted by atomic mass is 9.92. The summed E-state index contributed by atoms with van der Waals surface area (Å²) in [6, 6.07) is 0. The summed E-state index contributed by atoms with van der Waals surface area (Å²) in [4.78, 5) is 14.9. The van der Waals surface area contributed by atoms with Gasteiger partial charge in [0.1, 0.15) is 0 Å². The van der Waals surface area contributed by atoms with Crippen LogP contribution in [0.3, 0.4) is 0 Å². The van der Waals surface area contributed by atoms with Gasteiger partial charge in [-0.2, -0.15) is 0 Å². The highest BCUT2D eigenvalue weighted by Crippen LogP contribution is 2.21. The number of hydrogen-bond donors (Lipinski definition) is 1. The van der Waals surface area contributed by atoms with Crippen LogP contribution in [0, 0.1) is 17.8 Å². The third-order valence-corrected chi connectivity index (χ3v) is 7.55. The summed E-state index contributed by atoms with van der Waals surface area (Å²) in [5, 5.41) is 3.03. The van der Waals surface area contributed by atoms with E-state index in [-0.39, 0.29) is 17.6 Å². The van der Waals surface area contributed by atoms with E-state index in [2.05, 4.69) is 24.1 Å². The maximum Gasteiger partial charge on any atom is 0.224 e. The van der Waals surface area contributed by atoms with Crippen molar-refractivity contribution in [2.45, 2.75) is 52.9 Å². The molecule has 0 unspecified atom stereocenters. The van der Waals surface area contributed by atoms with Crippen LogP contribution in [0.15, 0.2) is 0 Å². The summed E-state index contributed by atoms with van der Waals surface area (Å²) in [6.45, 7) is 11.4. The third-order valence-electron chi connectivity index (χ3n) is 5.51. The molecule has 2 heterocycles. The Bertz CT molecular complexity index is 542. The molecule has 3 atom stereocenters. The molecule has 2 saturated heterocycles. The fourth-order valence-electron chi connectivity index (χ4n) is 4.43. The van der Waals surface area contributed by atoms with Crippen LogP contribution in [0.5, 0.6) is 0 Å². The molecule has 2 rings (SSSR count). The van der Waals surface area contributed by atoms with Crippen LogP contribution in [-0.4, -0.2) is 68.6 Å². The summed E-state index contributed by atoms with van der Waals surface area (Å²) in [7, 11) is -3.20. The Morgan fingerprint density at radius 2 is 1.85 bits per heavy atom. The van der Waals surface area contributed by atoms with Gasteiger partial charge in [-0.25, -0.2) is 12.7 Å². The van der Waals surface area contributed by atoms with Gasteiger partial charge in [-0.1, -0.05) is 20.8 Å². The molecule has 0 aromatic rings. The molecule has 0 aromatic heterocycles. The zero-order chi connectivity index (χ0) is 19.2. The number of carbonyl (C=O) groups excluding carboxylic acids is 1. The van der Waals surface area contributed by atoms with Crippen molar-refractivity contribution >= 4 is 15.9 Å². The molecule has 0 saturated carbocycles. The lowest BCUT2D eigenvalue weighted by molar-refractivity contribution is -0.126. The Morgan fingerprint density at radius 3 is 2.50 bits per heavy atom. The van der Waals surface area contributed by atoms with Gasteiger partial charge < -0.3 is 10.2 Å². The Kier molecular flexibility index (Phi) is 8.36. The molecule has 0 aliphatic carbocycles. The quantitative estimate of drug-likeness (QED) is 0.646. The van der Waals surface area contributed by atoms with Crippen LogP contribution < -0.4 is 5.32 Å². The van der Waals surface area contributed by atoms with Crippen LogP contribution in [0.25, 0.3) is 0 Å². The minimum atomic E-state index is -3.20. The fourth-order valence-corrected chi connectivity index (χ4v) is 6.02. The van der Waals surface area contributed by atoms with E-state index in [1.54, 1.807) is 0 Å². The van der Waals surface area contributed by atoms with E-state index in [1.807, 2.05) is 6.92 Å². The summed E-state index contributed by atoms with van der Waals surface area (Å²) < 4.78 is 26.0. The van der Waals surface area contributed by atoms with Crippen LogP contribution in [0.1, 0.15) is 52.9 Å². The summed E-state index contributed by atoms with van der Waals surface area (Å²) in [5.74, 6) is 1.50. The standard InChI is InChI=1S/C19H37N3O3S/c1-4-11-26(24,25)22-10-5-7-18(15-22)19(23)20-8-6-9-21-13-16(2)12-17(3)14-21/h16-18H,4-15H2,1-3H3,(H,20,23)/t16-,17+,18-/m0/s1. The third kappa shape index (κ3) is 6.50. The van der Waals surface area contributed by atoms with Crippen LogP contribution >= 0.6 is 0 Å². The average molecular weight is 388 g/mol. The maximum absolute atomic E-state index is 12.4. The van der Waals surface area contributed by atoms with Crippen LogP contribution in [0.2, 0.25) is 0 Å². The number of carbonyl (C=O) groups is 1. The monoisotopic (exact) mass is 387 g/mol.